The summed E-state index contributed by atoms with van der Waals surface area (Å²) in [6.07, 6.45) is 4.06. The van der Waals surface area contributed by atoms with Crippen molar-refractivity contribution in [3.63, 3.8) is 0 Å². The van der Waals surface area contributed by atoms with E-state index in [1.807, 2.05) is 18.2 Å². The lowest BCUT2D eigenvalue weighted by Gasteiger charge is -2.34. The van der Waals surface area contributed by atoms with Gasteiger partial charge in [-0.05, 0) is 28.8 Å². The molecule has 8 heteroatoms. The van der Waals surface area contributed by atoms with Crippen molar-refractivity contribution in [1.29, 1.82) is 0 Å². The molecule has 0 bridgehead atoms. The lowest BCUT2D eigenvalue weighted by molar-refractivity contribution is -0.145. The Labute approximate surface area is 208 Å². The number of carbonyl (C=O) groups excluding carboxylic acids is 1. The highest BCUT2D eigenvalue weighted by atomic mass is 35.5. The van der Waals surface area contributed by atoms with E-state index in [9.17, 15) is 4.79 Å². The van der Waals surface area contributed by atoms with Crippen molar-refractivity contribution in [3.8, 4) is 11.1 Å². The van der Waals surface area contributed by atoms with E-state index in [-0.39, 0.29) is 37.4 Å². The van der Waals surface area contributed by atoms with Gasteiger partial charge in [-0.3, -0.25) is 9.80 Å². The number of piperazine rings is 1. The number of methoxy groups -OCH3 is 1. The van der Waals surface area contributed by atoms with Crippen LogP contribution in [-0.2, 0) is 20.8 Å². The SMILES string of the molecule is COC(=O)COC/C=C\CN1CCN(Cc2ccc(-c3ccc(Cl)cc3)cc2)CC1.Cl.Cl. The molecule has 1 heterocycles. The van der Waals surface area contributed by atoms with E-state index in [1.165, 1.54) is 23.8 Å². The Morgan fingerprint density at radius 1 is 0.906 bits per heavy atom. The second kappa shape index (κ2) is 15.3. The maximum absolute atomic E-state index is 11.0. The number of carbonyl (C=O) groups is 1. The lowest BCUT2D eigenvalue weighted by atomic mass is 10.0. The Kier molecular flexibility index (Phi) is 13.6. The monoisotopic (exact) mass is 500 g/mol. The summed E-state index contributed by atoms with van der Waals surface area (Å²) in [5.74, 6) is -0.348. The van der Waals surface area contributed by atoms with Gasteiger partial charge in [0.2, 0.25) is 0 Å². The van der Waals surface area contributed by atoms with E-state index in [1.54, 1.807) is 0 Å². The first-order valence-corrected chi connectivity index (χ1v) is 10.6. The molecule has 1 fully saturated rings. The Balaban J connectivity index is 0.00000256. The molecule has 32 heavy (non-hydrogen) atoms. The number of hydrogen-bond donors (Lipinski definition) is 0. The highest BCUT2D eigenvalue weighted by Gasteiger charge is 2.15. The van der Waals surface area contributed by atoms with E-state index in [0.29, 0.717) is 6.61 Å². The van der Waals surface area contributed by atoms with Crippen LogP contribution in [-0.4, -0.2) is 68.8 Å². The Morgan fingerprint density at radius 3 is 2.06 bits per heavy atom. The molecule has 1 aliphatic heterocycles. The van der Waals surface area contributed by atoms with Gasteiger partial charge < -0.3 is 9.47 Å². The van der Waals surface area contributed by atoms with Crippen molar-refractivity contribution in [2.24, 2.45) is 0 Å². The lowest BCUT2D eigenvalue weighted by Crippen LogP contribution is -2.45. The summed E-state index contributed by atoms with van der Waals surface area (Å²) in [4.78, 5) is 15.9. The third kappa shape index (κ3) is 9.49. The molecule has 1 saturated heterocycles. The van der Waals surface area contributed by atoms with Crippen LogP contribution in [0.25, 0.3) is 11.1 Å². The molecule has 5 nitrogen and oxygen atoms in total. The topological polar surface area (TPSA) is 42.0 Å². The van der Waals surface area contributed by atoms with Crippen LogP contribution in [0.1, 0.15) is 5.56 Å². The molecule has 0 unspecified atom stereocenters. The van der Waals surface area contributed by atoms with Crippen LogP contribution in [0.15, 0.2) is 60.7 Å². The number of benzene rings is 2. The van der Waals surface area contributed by atoms with Gasteiger partial charge in [0.05, 0.1) is 13.7 Å². The van der Waals surface area contributed by atoms with Crippen LogP contribution in [0.5, 0.6) is 0 Å². The first-order valence-electron chi connectivity index (χ1n) is 10.2. The van der Waals surface area contributed by atoms with E-state index < -0.39 is 0 Å². The van der Waals surface area contributed by atoms with Gasteiger partial charge in [-0.1, -0.05) is 60.2 Å². The molecule has 2 aromatic carbocycles. The molecular weight excluding hydrogens is 471 g/mol. The Bertz CT molecular complexity index is 821. The third-order valence-electron chi connectivity index (χ3n) is 5.19. The number of nitrogens with zero attached hydrogens (tertiary/aromatic N) is 2. The molecule has 0 aliphatic carbocycles. The molecular formula is C24H31Cl3N2O3. The van der Waals surface area contributed by atoms with E-state index >= 15 is 0 Å². The zero-order valence-corrected chi connectivity index (χ0v) is 20.6. The number of ether oxygens (including phenoxy) is 2. The third-order valence-corrected chi connectivity index (χ3v) is 5.45. The van der Waals surface area contributed by atoms with Crippen LogP contribution < -0.4 is 0 Å². The van der Waals surface area contributed by atoms with Gasteiger partial charge in [-0.2, -0.15) is 0 Å². The molecule has 0 N–H and O–H groups in total. The van der Waals surface area contributed by atoms with Crippen molar-refractivity contribution < 1.29 is 14.3 Å². The van der Waals surface area contributed by atoms with Gasteiger partial charge in [0, 0.05) is 44.3 Å². The average Bonchev–Trinajstić information content (AvgIpc) is 2.78. The smallest absolute Gasteiger partial charge is 0.331 e. The zero-order chi connectivity index (χ0) is 21.2. The molecule has 1 aliphatic rings. The second-order valence-corrected chi connectivity index (χ2v) is 7.78. The molecule has 0 aromatic heterocycles. The van der Waals surface area contributed by atoms with Gasteiger partial charge in [0.1, 0.15) is 6.61 Å². The minimum absolute atomic E-state index is 0. The van der Waals surface area contributed by atoms with Crippen LogP contribution >= 0.6 is 36.4 Å². The summed E-state index contributed by atoms with van der Waals surface area (Å²) >= 11 is 5.97. The van der Waals surface area contributed by atoms with Crippen molar-refractivity contribution in [2.75, 3.05) is 53.0 Å². The van der Waals surface area contributed by atoms with Gasteiger partial charge in [0.15, 0.2) is 0 Å². The van der Waals surface area contributed by atoms with Crippen LogP contribution in [0.3, 0.4) is 0 Å². The van der Waals surface area contributed by atoms with Crippen LogP contribution in [0.4, 0.5) is 0 Å². The van der Waals surface area contributed by atoms with Crippen LogP contribution in [0.2, 0.25) is 5.02 Å². The summed E-state index contributed by atoms with van der Waals surface area (Å²) in [6.45, 7) is 6.54. The maximum Gasteiger partial charge on any atom is 0.331 e. The normalized spacial score (nSPS) is 14.6. The Morgan fingerprint density at radius 2 is 1.47 bits per heavy atom. The van der Waals surface area contributed by atoms with Crippen molar-refractivity contribution in [2.45, 2.75) is 6.54 Å². The maximum atomic E-state index is 11.0. The van der Waals surface area contributed by atoms with Crippen molar-refractivity contribution in [3.05, 3.63) is 71.3 Å². The minimum Gasteiger partial charge on any atom is -0.467 e. The number of rotatable bonds is 9. The predicted molar refractivity (Wildman–Crippen MR) is 135 cm³/mol. The largest absolute Gasteiger partial charge is 0.467 e. The number of halogens is 3. The average molecular weight is 502 g/mol. The first-order chi connectivity index (χ1) is 14.6. The van der Waals surface area contributed by atoms with Gasteiger partial charge in [-0.15, -0.1) is 24.8 Å². The fraction of sp³-hybridized carbons (Fsp3) is 0.375. The molecule has 0 saturated carbocycles. The molecule has 2 aromatic rings. The predicted octanol–water partition coefficient (Wildman–Crippen LogP) is 4.71. The highest BCUT2D eigenvalue weighted by molar-refractivity contribution is 6.30. The first kappa shape index (κ1) is 28.4. The fourth-order valence-corrected chi connectivity index (χ4v) is 3.52. The molecule has 176 valence electrons. The molecule has 0 spiro atoms. The zero-order valence-electron chi connectivity index (χ0n) is 18.2. The van der Waals surface area contributed by atoms with E-state index in [4.69, 9.17) is 16.3 Å². The van der Waals surface area contributed by atoms with Gasteiger partial charge >= 0.3 is 5.97 Å². The quantitative estimate of drug-likeness (QED) is 0.283. The van der Waals surface area contributed by atoms with Crippen LogP contribution in [0, 0.1) is 0 Å². The molecule has 0 amide bonds. The van der Waals surface area contributed by atoms with Gasteiger partial charge in [0.25, 0.3) is 0 Å². The highest BCUT2D eigenvalue weighted by Crippen LogP contribution is 2.22. The summed E-state index contributed by atoms with van der Waals surface area (Å²) in [5.41, 5.74) is 3.73. The number of esters is 1. The minimum atomic E-state index is -0.348. The molecule has 0 radical (unpaired) electrons. The summed E-state index contributed by atoms with van der Waals surface area (Å²) in [7, 11) is 1.36. The van der Waals surface area contributed by atoms with E-state index in [0.717, 1.165) is 44.3 Å². The van der Waals surface area contributed by atoms with Gasteiger partial charge in [-0.25, -0.2) is 4.79 Å². The summed E-state index contributed by atoms with van der Waals surface area (Å²) in [6, 6.07) is 16.8. The standard InChI is InChI=1S/C24H29ClN2O3.2ClH/c1-29-24(28)19-30-17-3-2-12-26-13-15-27(16-14-26)18-20-4-6-21(7-5-20)22-8-10-23(25)11-9-22;;/h2-11H,12-19H2,1H3;2*1H/b3-2-;;. The second-order valence-electron chi connectivity index (χ2n) is 7.34. The summed E-state index contributed by atoms with van der Waals surface area (Å²) < 4.78 is 9.74. The Hall–Kier alpha value is -1.60. The summed E-state index contributed by atoms with van der Waals surface area (Å²) in [5, 5.41) is 0.761. The molecule has 3 rings (SSSR count). The number of hydrogen-bond acceptors (Lipinski definition) is 5. The van der Waals surface area contributed by atoms with Crippen molar-refractivity contribution >= 4 is 42.4 Å². The van der Waals surface area contributed by atoms with Crippen molar-refractivity contribution in [1.82, 2.24) is 9.80 Å². The molecule has 0 atom stereocenters. The fourth-order valence-electron chi connectivity index (χ4n) is 3.39. The van der Waals surface area contributed by atoms with E-state index in [2.05, 4.69) is 57.0 Å².